The molecule has 0 fully saturated rings. The summed E-state index contributed by atoms with van der Waals surface area (Å²) in [7, 11) is 0. The van der Waals surface area contributed by atoms with Gasteiger partial charge in [0.2, 0.25) is 5.95 Å². The van der Waals surface area contributed by atoms with Crippen LogP contribution in [-0.4, -0.2) is 26.7 Å². The molecule has 0 spiro atoms. The Labute approximate surface area is 156 Å². The maximum absolute atomic E-state index is 6.06. The van der Waals surface area contributed by atoms with Gasteiger partial charge in [-0.25, -0.2) is 9.97 Å². The molecule has 0 atom stereocenters. The van der Waals surface area contributed by atoms with E-state index in [0.29, 0.717) is 5.82 Å². The molecule has 0 unspecified atom stereocenters. The first-order valence-corrected chi connectivity index (χ1v) is 8.85. The van der Waals surface area contributed by atoms with Crippen LogP contribution in [0.25, 0.3) is 22.2 Å². The molecule has 2 aromatic heterocycles. The van der Waals surface area contributed by atoms with Crippen molar-refractivity contribution in [1.82, 2.24) is 20.2 Å². The van der Waals surface area contributed by atoms with Crippen molar-refractivity contribution < 1.29 is 0 Å². The highest BCUT2D eigenvalue weighted by atomic mass is 15.2. The van der Waals surface area contributed by atoms with Crippen LogP contribution in [0.3, 0.4) is 0 Å². The van der Waals surface area contributed by atoms with Crippen LogP contribution in [0.4, 0.5) is 17.5 Å². The Hall–Kier alpha value is -3.61. The largest absolute Gasteiger partial charge is 0.384 e. The first kappa shape index (κ1) is 16.8. The molecule has 7 nitrogen and oxygen atoms in total. The second-order valence-corrected chi connectivity index (χ2v) is 6.37. The lowest BCUT2D eigenvalue weighted by Gasteiger charge is -2.11. The van der Waals surface area contributed by atoms with Gasteiger partial charge in [0.25, 0.3) is 0 Å². The number of rotatable bonds is 6. The monoisotopic (exact) mass is 359 g/mol. The average molecular weight is 359 g/mol. The molecule has 0 amide bonds. The first-order chi connectivity index (χ1) is 13.2. The topological polar surface area (TPSA) is 119 Å². The second kappa shape index (κ2) is 7.33. The van der Waals surface area contributed by atoms with Crippen molar-refractivity contribution in [1.29, 1.82) is 0 Å². The summed E-state index contributed by atoms with van der Waals surface area (Å²) >= 11 is 0. The number of nitrogens with zero attached hydrogens (tertiary/aromatic N) is 3. The highest BCUT2D eigenvalue weighted by molar-refractivity contribution is 6.02. The molecule has 7 heteroatoms. The standard InChI is InChI=1S/C20H21N7/c21-19-18-16(23-9-4-7-13-5-2-1-3-6-13)11-14(12-17(18)26-27-19)15-8-10-24-20(22)25-15/h1-3,5-6,8,10-12,23H,4,7,9H2,(H3,21,26,27)(H2,22,24,25). The van der Waals surface area contributed by atoms with E-state index in [2.05, 4.69) is 49.7 Å². The van der Waals surface area contributed by atoms with E-state index in [1.54, 1.807) is 6.20 Å². The quantitative estimate of drug-likeness (QED) is 0.393. The lowest BCUT2D eigenvalue weighted by atomic mass is 10.1. The van der Waals surface area contributed by atoms with Gasteiger partial charge in [0.05, 0.1) is 16.6 Å². The van der Waals surface area contributed by atoms with Crippen LogP contribution in [-0.2, 0) is 6.42 Å². The number of hydrogen-bond donors (Lipinski definition) is 4. The smallest absolute Gasteiger partial charge is 0.220 e. The minimum Gasteiger partial charge on any atom is -0.384 e. The van der Waals surface area contributed by atoms with Crippen LogP contribution in [0.2, 0.25) is 0 Å². The molecule has 0 radical (unpaired) electrons. The van der Waals surface area contributed by atoms with E-state index in [4.69, 9.17) is 11.5 Å². The summed E-state index contributed by atoms with van der Waals surface area (Å²) in [5.41, 5.74) is 16.6. The fourth-order valence-electron chi connectivity index (χ4n) is 3.16. The van der Waals surface area contributed by atoms with Gasteiger partial charge in [-0.1, -0.05) is 30.3 Å². The van der Waals surface area contributed by atoms with Crippen molar-refractivity contribution in [3.05, 3.63) is 60.3 Å². The van der Waals surface area contributed by atoms with E-state index >= 15 is 0 Å². The Bertz CT molecular complexity index is 1060. The maximum atomic E-state index is 6.06. The number of nitrogens with two attached hydrogens (primary N) is 2. The second-order valence-electron chi connectivity index (χ2n) is 6.37. The third-order valence-electron chi connectivity index (χ3n) is 4.46. The van der Waals surface area contributed by atoms with E-state index in [1.165, 1.54) is 5.56 Å². The zero-order chi connectivity index (χ0) is 18.6. The molecule has 0 bridgehead atoms. The van der Waals surface area contributed by atoms with Gasteiger partial charge in [-0.2, -0.15) is 5.10 Å². The van der Waals surface area contributed by atoms with Crippen molar-refractivity contribution in [2.45, 2.75) is 12.8 Å². The van der Waals surface area contributed by atoms with Crippen molar-refractivity contribution in [3.8, 4) is 11.3 Å². The van der Waals surface area contributed by atoms with Crippen LogP contribution < -0.4 is 16.8 Å². The summed E-state index contributed by atoms with van der Waals surface area (Å²) in [6.45, 7) is 0.823. The molecular formula is C20H21N7. The Morgan fingerprint density at radius 3 is 2.70 bits per heavy atom. The number of benzene rings is 2. The van der Waals surface area contributed by atoms with Gasteiger partial charge in [0, 0.05) is 24.0 Å². The van der Waals surface area contributed by atoms with Gasteiger partial charge in [-0.05, 0) is 36.6 Å². The predicted molar refractivity (Wildman–Crippen MR) is 109 cm³/mol. The molecule has 136 valence electrons. The Balaban J connectivity index is 1.57. The Kier molecular flexibility index (Phi) is 4.57. The van der Waals surface area contributed by atoms with Crippen molar-refractivity contribution in [2.75, 3.05) is 23.3 Å². The SMILES string of the molecule is Nc1nccc(-c2cc(NCCCc3ccccc3)c3c(N)n[nH]c3c2)n1. The number of fused-ring (bicyclic) bond motifs is 1. The fourth-order valence-corrected chi connectivity index (χ4v) is 3.16. The molecule has 0 saturated carbocycles. The molecule has 27 heavy (non-hydrogen) atoms. The fraction of sp³-hybridized carbons (Fsp3) is 0.150. The van der Waals surface area contributed by atoms with Crippen LogP contribution in [0.15, 0.2) is 54.7 Å². The van der Waals surface area contributed by atoms with E-state index in [0.717, 1.165) is 47.2 Å². The summed E-state index contributed by atoms with van der Waals surface area (Å²) in [6, 6.07) is 16.3. The summed E-state index contributed by atoms with van der Waals surface area (Å²) < 4.78 is 0. The van der Waals surface area contributed by atoms with Gasteiger partial charge < -0.3 is 16.8 Å². The number of nitrogen functional groups attached to an aromatic ring is 2. The van der Waals surface area contributed by atoms with Gasteiger partial charge in [0.15, 0.2) is 5.82 Å². The van der Waals surface area contributed by atoms with Gasteiger partial charge in [-0.3, -0.25) is 5.10 Å². The van der Waals surface area contributed by atoms with Crippen LogP contribution in [0.5, 0.6) is 0 Å². The molecule has 0 aliphatic heterocycles. The normalized spacial score (nSPS) is 11.0. The van der Waals surface area contributed by atoms with Crippen molar-refractivity contribution in [2.24, 2.45) is 0 Å². The molecular weight excluding hydrogens is 338 g/mol. The Morgan fingerprint density at radius 2 is 1.89 bits per heavy atom. The van der Waals surface area contributed by atoms with E-state index in [1.807, 2.05) is 24.3 Å². The average Bonchev–Trinajstić information content (AvgIpc) is 3.07. The minimum atomic E-state index is 0.245. The molecule has 4 rings (SSSR count). The third-order valence-corrected chi connectivity index (χ3v) is 4.46. The summed E-state index contributed by atoms with van der Waals surface area (Å²) in [5, 5.41) is 11.5. The van der Waals surface area contributed by atoms with E-state index < -0.39 is 0 Å². The van der Waals surface area contributed by atoms with Crippen molar-refractivity contribution >= 4 is 28.4 Å². The zero-order valence-electron chi connectivity index (χ0n) is 14.8. The number of aromatic amines is 1. The van der Waals surface area contributed by atoms with Crippen LogP contribution in [0.1, 0.15) is 12.0 Å². The zero-order valence-corrected chi connectivity index (χ0v) is 14.8. The molecule has 2 heterocycles. The lowest BCUT2D eigenvalue weighted by Crippen LogP contribution is -2.04. The number of nitrogens with one attached hydrogen (secondary N) is 2. The number of aryl methyl sites for hydroxylation is 1. The maximum Gasteiger partial charge on any atom is 0.220 e. The highest BCUT2D eigenvalue weighted by Crippen LogP contribution is 2.32. The number of anilines is 3. The molecule has 4 aromatic rings. The Morgan fingerprint density at radius 1 is 1.04 bits per heavy atom. The number of aromatic nitrogens is 4. The highest BCUT2D eigenvalue weighted by Gasteiger charge is 2.12. The van der Waals surface area contributed by atoms with Crippen molar-refractivity contribution in [3.63, 3.8) is 0 Å². The summed E-state index contributed by atoms with van der Waals surface area (Å²) in [5.74, 6) is 0.721. The van der Waals surface area contributed by atoms with E-state index in [-0.39, 0.29) is 5.95 Å². The van der Waals surface area contributed by atoms with Gasteiger partial charge in [-0.15, -0.1) is 0 Å². The summed E-state index contributed by atoms with van der Waals surface area (Å²) in [4.78, 5) is 8.26. The number of H-pyrrole nitrogens is 1. The number of hydrogen-bond acceptors (Lipinski definition) is 6. The van der Waals surface area contributed by atoms with Gasteiger partial charge >= 0.3 is 0 Å². The predicted octanol–water partition coefficient (Wildman–Crippen LogP) is 3.23. The van der Waals surface area contributed by atoms with E-state index in [9.17, 15) is 0 Å². The third kappa shape index (κ3) is 3.67. The molecule has 6 N–H and O–H groups in total. The summed E-state index contributed by atoms with van der Waals surface area (Å²) in [6.07, 6.45) is 3.67. The molecule has 2 aromatic carbocycles. The van der Waals surface area contributed by atoms with Crippen LogP contribution >= 0.6 is 0 Å². The lowest BCUT2D eigenvalue weighted by molar-refractivity contribution is 0.864. The molecule has 0 aliphatic rings. The first-order valence-electron chi connectivity index (χ1n) is 8.85. The van der Waals surface area contributed by atoms with Crippen LogP contribution in [0, 0.1) is 0 Å². The minimum absolute atomic E-state index is 0.245. The molecule has 0 saturated heterocycles. The van der Waals surface area contributed by atoms with Gasteiger partial charge in [0.1, 0.15) is 0 Å². The molecule has 0 aliphatic carbocycles.